The molecule has 63 heavy (non-hydrogen) atoms. The fraction of sp³-hybridized carbons (Fsp3) is 0. The molecule has 10 aromatic carbocycles. The van der Waals surface area contributed by atoms with Gasteiger partial charge < -0.3 is 14.0 Å². The molecule has 0 aliphatic rings. The van der Waals surface area contributed by atoms with Crippen molar-refractivity contribution in [1.82, 2.24) is 9.13 Å². The summed E-state index contributed by atoms with van der Waals surface area (Å²) in [7, 11) is 0. The van der Waals surface area contributed by atoms with Crippen LogP contribution in [0.1, 0.15) is 0 Å². The van der Waals surface area contributed by atoms with Crippen molar-refractivity contribution >= 4 is 60.7 Å². The summed E-state index contributed by atoms with van der Waals surface area (Å²) in [5.74, 6) is 0. The first-order chi connectivity index (χ1) is 31.3. The van der Waals surface area contributed by atoms with Crippen molar-refractivity contribution in [2.24, 2.45) is 0 Å². The first kappa shape index (κ1) is 36.5. The first-order valence-electron chi connectivity index (χ1n) is 21.6. The monoisotopic (exact) mass is 803 g/mol. The Kier molecular flexibility index (Phi) is 8.83. The molecule has 3 heteroatoms. The molecule has 0 unspecified atom stereocenters. The highest BCUT2D eigenvalue weighted by Crippen LogP contribution is 2.49. The number of para-hydroxylation sites is 4. The van der Waals surface area contributed by atoms with E-state index in [1.54, 1.807) is 0 Å². The summed E-state index contributed by atoms with van der Waals surface area (Å²) in [5.41, 5.74) is 17.2. The van der Waals surface area contributed by atoms with Crippen molar-refractivity contribution in [3.05, 3.63) is 249 Å². The van der Waals surface area contributed by atoms with E-state index in [0.29, 0.717) is 0 Å². The maximum atomic E-state index is 2.46. The fourth-order valence-corrected chi connectivity index (χ4v) is 9.77. The Balaban J connectivity index is 1.14. The zero-order chi connectivity index (χ0) is 41.7. The molecule has 0 fully saturated rings. The highest BCUT2D eigenvalue weighted by atomic mass is 15.1. The molecule has 0 radical (unpaired) electrons. The van der Waals surface area contributed by atoms with Gasteiger partial charge in [0, 0.05) is 49.9 Å². The van der Waals surface area contributed by atoms with E-state index in [1.165, 1.54) is 71.5 Å². The van der Waals surface area contributed by atoms with E-state index in [4.69, 9.17) is 0 Å². The van der Waals surface area contributed by atoms with Crippen LogP contribution in [0, 0.1) is 0 Å². The molecule has 296 valence electrons. The van der Waals surface area contributed by atoms with Gasteiger partial charge >= 0.3 is 0 Å². The lowest BCUT2D eigenvalue weighted by atomic mass is 9.87. The number of benzene rings is 10. The molecule has 0 spiro atoms. The van der Waals surface area contributed by atoms with Crippen LogP contribution in [0.2, 0.25) is 0 Å². The molecule has 12 aromatic rings. The molecule has 0 saturated heterocycles. The Morgan fingerprint density at radius 2 is 0.698 bits per heavy atom. The predicted molar refractivity (Wildman–Crippen MR) is 266 cm³/mol. The summed E-state index contributed by atoms with van der Waals surface area (Å²) in [6.07, 6.45) is 0. The third-order valence-corrected chi connectivity index (χ3v) is 12.5. The van der Waals surface area contributed by atoms with Gasteiger partial charge in [0.2, 0.25) is 0 Å². The van der Waals surface area contributed by atoms with Crippen LogP contribution in [0.15, 0.2) is 249 Å². The lowest BCUT2D eigenvalue weighted by Gasteiger charge is -2.30. The first-order valence-corrected chi connectivity index (χ1v) is 21.6. The van der Waals surface area contributed by atoms with Gasteiger partial charge in [0.1, 0.15) is 0 Å². The van der Waals surface area contributed by atoms with Crippen LogP contribution in [0.4, 0.5) is 17.1 Å². The third-order valence-electron chi connectivity index (χ3n) is 12.5. The standard InChI is InChI=1S/C60H41N3/c1-4-19-42(20-5-1)48-25-10-11-29-54(48)60-49(43-21-6-2-7-22-43)30-18-34-58(60)61(45-35-37-46(38-36-45)62-55-31-15-12-26-50(55)51-27-13-16-32-56(51)62)47-39-40-53-52-28-14-17-33-57(52)63(59(53)41-47)44-23-8-3-9-24-44/h1-41H. The normalized spacial score (nSPS) is 11.5. The highest BCUT2D eigenvalue weighted by molar-refractivity contribution is 6.11. The Bertz CT molecular complexity index is 3550. The molecule has 0 bridgehead atoms. The van der Waals surface area contributed by atoms with Crippen LogP contribution >= 0.6 is 0 Å². The largest absolute Gasteiger partial charge is 0.310 e. The Hall–Kier alpha value is -8.40. The minimum atomic E-state index is 1.06. The van der Waals surface area contributed by atoms with Crippen molar-refractivity contribution in [1.29, 1.82) is 0 Å². The summed E-state index contributed by atoms with van der Waals surface area (Å²) < 4.78 is 4.80. The van der Waals surface area contributed by atoms with Gasteiger partial charge in [-0.1, -0.05) is 176 Å². The zero-order valence-electron chi connectivity index (χ0n) is 34.5. The van der Waals surface area contributed by atoms with Gasteiger partial charge in [-0.05, 0) is 101 Å². The minimum absolute atomic E-state index is 1.06. The second-order valence-corrected chi connectivity index (χ2v) is 16.1. The number of hydrogen-bond acceptors (Lipinski definition) is 1. The zero-order valence-corrected chi connectivity index (χ0v) is 34.5. The maximum absolute atomic E-state index is 2.46. The van der Waals surface area contributed by atoms with Gasteiger partial charge in [-0.25, -0.2) is 0 Å². The van der Waals surface area contributed by atoms with Gasteiger partial charge in [-0.2, -0.15) is 0 Å². The summed E-state index contributed by atoms with van der Waals surface area (Å²) in [5, 5.41) is 4.95. The molecule has 0 N–H and O–H groups in total. The fourth-order valence-electron chi connectivity index (χ4n) is 9.77. The molecule has 0 saturated carbocycles. The van der Waals surface area contributed by atoms with E-state index in [9.17, 15) is 0 Å². The second kappa shape index (κ2) is 15.3. The lowest BCUT2D eigenvalue weighted by molar-refractivity contribution is 1.17. The molecule has 2 heterocycles. The predicted octanol–water partition coefficient (Wildman–Crippen LogP) is 16.4. The number of fused-ring (bicyclic) bond motifs is 6. The average Bonchev–Trinajstić information content (AvgIpc) is 3.88. The molecule has 0 atom stereocenters. The Labute approximate surface area is 366 Å². The van der Waals surface area contributed by atoms with Crippen LogP contribution in [0.3, 0.4) is 0 Å². The summed E-state index contributed by atoms with van der Waals surface area (Å²) in [4.78, 5) is 2.46. The van der Waals surface area contributed by atoms with Gasteiger partial charge in [-0.3, -0.25) is 0 Å². The highest BCUT2D eigenvalue weighted by Gasteiger charge is 2.24. The summed E-state index contributed by atoms with van der Waals surface area (Å²) in [6, 6.07) is 90.3. The SMILES string of the molecule is c1ccc(-c2ccccc2-c2c(-c3ccccc3)cccc2N(c2ccc(-n3c4ccccc4c4ccccc43)cc2)c2ccc3c4ccccc4n(-c4ccccc4)c3c2)cc1. The minimum Gasteiger partial charge on any atom is -0.310 e. The van der Waals surface area contributed by atoms with Gasteiger partial charge in [-0.15, -0.1) is 0 Å². The molecular formula is C60H41N3. The Morgan fingerprint density at radius 3 is 1.30 bits per heavy atom. The van der Waals surface area contributed by atoms with Crippen molar-refractivity contribution < 1.29 is 0 Å². The lowest BCUT2D eigenvalue weighted by Crippen LogP contribution is -2.12. The van der Waals surface area contributed by atoms with Gasteiger partial charge in [0.05, 0.1) is 27.8 Å². The number of anilines is 3. The van der Waals surface area contributed by atoms with Crippen LogP contribution in [-0.2, 0) is 0 Å². The van der Waals surface area contributed by atoms with E-state index in [2.05, 4.69) is 263 Å². The molecule has 12 rings (SSSR count). The molecule has 0 amide bonds. The van der Waals surface area contributed by atoms with Crippen LogP contribution < -0.4 is 4.90 Å². The summed E-state index contributed by atoms with van der Waals surface area (Å²) in [6.45, 7) is 0. The molecule has 2 aromatic heterocycles. The molecule has 0 aliphatic heterocycles. The van der Waals surface area contributed by atoms with Gasteiger partial charge in [0.25, 0.3) is 0 Å². The van der Waals surface area contributed by atoms with E-state index in [-0.39, 0.29) is 0 Å². The summed E-state index contributed by atoms with van der Waals surface area (Å²) >= 11 is 0. The maximum Gasteiger partial charge on any atom is 0.0561 e. The average molecular weight is 804 g/mol. The third kappa shape index (κ3) is 6.13. The molecule has 0 aliphatic carbocycles. The van der Waals surface area contributed by atoms with E-state index in [0.717, 1.165) is 34.0 Å². The van der Waals surface area contributed by atoms with E-state index >= 15 is 0 Å². The van der Waals surface area contributed by atoms with Crippen LogP contribution in [-0.4, -0.2) is 9.13 Å². The van der Waals surface area contributed by atoms with E-state index < -0.39 is 0 Å². The Morgan fingerprint density at radius 1 is 0.270 bits per heavy atom. The number of hydrogen-bond donors (Lipinski definition) is 0. The topological polar surface area (TPSA) is 13.1 Å². The van der Waals surface area contributed by atoms with Crippen molar-refractivity contribution in [3.8, 4) is 44.8 Å². The number of rotatable bonds is 8. The quantitative estimate of drug-likeness (QED) is 0.149. The number of aromatic nitrogens is 2. The smallest absolute Gasteiger partial charge is 0.0561 e. The van der Waals surface area contributed by atoms with Crippen molar-refractivity contribution in [2.75, 3.05) is 4.90 Å². The van der Waals surface area contributed by atoms with Crippen LogP contribution in [0.25, 0.3) is 88.4 Å². The van der Waals surface area contributed by atoms with Gasteiger partial charge in [0.15, 0.2) is 0 Å². The van der Waals surface area contributed by atoms with Crippen LogP contribution in [0.5, 0.6) is 0 Å². The molecule has 3 nitrogen and oxygen atoms in total. The number of nitrogens with zero attached hydrogens (tertiary/aromatic N) is 3. The molecular weight excluding hydrogens is 763 g/mol. The second-order valence-electron chi connectivity index (χ2n) is 16.1. The van der Waals surface area contributed by atoms with Crippen molar-refractivity contribution in [3.63, 3.8) is 0 Å². The van der Waals surface area contributed by atoms with Crippen molar-refractivity contribution in [2.45, 2.75) is 0 Å². The van der Waals surface area contributed by atoms with E-state index in [1.807, 2.05) is 0 Å².